The molecule has 1 heterocycles. The van der Waals surface area contributed by atoms with Crippen LogP contribution in [0, 0.1) is 23.4 Å². The van der Waals surface area contributed by atoms with Gasteiger partial charge in [0.25, 0.3) is 0 Å². The fraction of sp³-hybridized carbons (Fsp3) is 0.323. The second-order valence-electron chi connectivity index (χ2n) is 11.0. The SMILES string of the molecule is CC(C)(Oc1ccc(NC(=O)C(c2c3cc(F)c(F)cc3nn2-c2ccc(Cl)cc2)C2CCCCC2)c(F)c1)C(=O)O. The highest BCUT2D eigenvalue weighted by Gasteiger charge is 2.37. The van der Waals surface area contributed by atoms with Crippen LogP contribution in [0.5, 0.6) is 5.75 Å². The molecule has 1 aromatic heterocycles. The number of carbonyl (C=O) groups excluding carboxylic acids is 1. The number of amides is 1. The summed E-state index contributed by atoms with van der Waals surface area (Å²) in [4.78, 5) is 25.5. The van der Waals surface area contributed by atoms with Crippen LogP contribution < -0.4 is 10.1 Å². The number of hydrogen-bond donors (Lipinski definition) is 2. The number of carbonyl (C=O) groups is 2. The van der Waals surface area contributed by atoms with Crippen molar-refractivity contribution in [2.75, 3.05) is 5.32 Å². The number of anilines is 1. The topological polar surface area (TPSA) is 93.5 Å². The molecule has 1 amide bonds. The molecule has 1 aliphatic carbocycles. The van der Waals surface area contributed by atoms with Crippen LogP contribution in [0.15, 0.2) is 54.6 Å². The largest absolute Gasteiger partial charge is 0.478 e. The summed E-state index contributed by atoms with van der Waals surface area (Å²) in [5.74, 6) is -5.83. The van der Waals surface area contributed by atoms with Gasteiger partial charge in [-0.05, 0) is 75.1 Å². The Morgan fingerprint density at radius 1 is 1.00 bits per heavy atom. The molecule has 0 spiro atoms. The second-order valence-corrected chi connectivity index (χ2v) is 11.4. The maximum Gasteiger partial charge on any atom is 0.347 e. The van der Waals surface area contributed by atoms with E-state index in [1.165, 1.54) is 30.7 Å². The van der Waals surface area contributed by atoms with Crippen LogP contribution in [0.1, 0.15) is 57.6 Å². The van der Waals surface area contributed by atoms with Gasteiger partial charge in [0.2, 0.25) is 5.91 Å². The first-order valence-electron chi connectivity index (χ1n) is 13.6. The number of nitrogens with one attached hydrogen (secondary N) is 1. The number of halogens is 4. The first kappa shape index (κ1) is 29.4. The lowest BCUT2D eigenvalue weighted by atomic mass is 9.77. The zero-order valence-corrected chi connectivity index (χ0v) is 23.7. The lowest BCUT2D eigenvalue weighted by molar-refractivity contribution is -0.152. The van der Waals surface area contributed by atoms with Crippen LogP contribution in [-0.4, -0.2) is 32.4 Å². The molecule has 0 bridgehead atoms. The molecular formula is C31H29ClF3N3O4. The third-order valence-electron chi connectivity index (χ3n) is 7.61. The van der Waals surface area contributed by atoms with E-state index in [9.17, 15) is 23.5 Å². The normalized spacial score (nSPS) is 15.0. The van der Waals surface area contributed by atoms with Crippen molar-refractivity contribution < 1.29 is 32.6 Å². The molecule has 1 fully saturated rings. The van der Waals surface area contributed by atoms with Crippen molar-refractivity contribution in [2.45, 2.75) is 57.5 Å². The minimum absolute atomic E-state index is 0.0222. The van der Waals surface area contributed by atoms with E-state index in [4.69, 9.17) is 16.3 Å². The number of carboxylic acid groups (broad SMARTS) is 1. The highest BCUT2D eigenvalue weighted by Crippen LogP contribution is 2.41. The van der Waals surface area contributed by atoms with Gasteiger partial charge in [0.05, 0.1) is 28.5 Å². The smallest absolute Gasteiger partial charge is 0.347 e. The van der Waals surface area contributed by atoms with E-state index in [1.54, 1.807) is 24.3 Å². The maximum atomic E-state index is 15.2. The van der Waals surface area contributed by atoms with E-state index in [0.717, 1.165) is 37.5 Å². The number of rotatable bonds is 8. The lowest BCUT2D eigenvalue weighted by Gasteiger charge is -2.30. The zero-order chi connectivity index (χ0) is 30.2. The van der Waals surface area contributed by atoms with Gasteiger partial charge < -0.3 is 15.2 Å². The van der Waals surface area contributed by atoms with Crippen molar-refractivity contribution in [3.63, 3.8) is 0 Å². The van der Waals surface area contributed by atoms with Crippen molar-refractivity contribution in [3.8, 4) is 11.4 Å². The summed E-state index contributed by atoms with van der Waals surface area (Å²) >= 11 is 6.09. The number of fused-ring (bicyclic) bond motifs is 1. The summed E-state index contributed by atoms with van der Waals surface area (Å²) in [5, 5.41) is 17.3. The molecule has 42 heavy (non-hydrogen) atoms. The summed E-state index contributed by atoms with van der Waals surface area (Å²) in [5.41, 5.74) is -0.673. The van der Waals surface area contributed by atoms with Crippen LogP contribution in [-0.2, 0) is 9.59 Å². The minimum Gasteiger partial charge on any atom is -0.478 e. The fourth-order valence-electron chi connectivity index (χ4n) is 5.42. The molecule has 0 aliphatic heterocycles. The molecule has 3 aromatic carbocycles. The number of hydrogen-bond acceptors (Lipinski definition) is 4. The van der Waals surface area contributed by atoms with E-state index < -0.39 is 40.8 Å². The summed E-state index contributed by atoms with van der Waals surface area (Å²) in [6.07, 6.45) is 4.17. The quantitative estimate of drug-likeness (QED) is 0.217. The molecule has 1 saturated carbocycles. The highest BCUT2D eigenvalue weighted by molar-refractivity contribution is 6.30. The van der Waals surface area contributed by atoms with Gasteiger partial charge in [-0.2, -0.15) is 5.10 Å². The number of aliphatic carboxylic acids is 1. The first-order chi connectivity index (χ1) is 19.9. The second kappa shape index (κ2) is 11.7. The Labute approximate surface area is 245 Å². The number of nitrogens with zero attached hydrogens (tertiary/aromatic N) is 2. The Bertz CT molecular complexity index is 1650. The molecule has 2 N–H and O–H groups in total. The van der Waals surface area contributed by atoms with Gasteiger partial charge in [-0.1, -0.05) is 30.9 Å². The van der Waals surface area contributed by atoms with E-state index in [0.29, 0.717) is 29.2 Å². The highest BCUT2D eigenvalue weighted by atomic mass is 35.5. The minimum atomic E-state index is -1.60. The summed E-state index contributed by atoms with van der Waals surface area (Å²) in [7, 11) is 0. The Hall–Kier alpha value is -4.05. The van der Waals surface area contributed by atoms with Gasteiger partial charge in [0.15, 0.2) is 17.2 Å². The zero-order valence-electron chi connectivity index (χ0n) is 23.0. The van der Waals surface area contributed by atoms with Crippen LogP contribution in [0.4, 0.5) is 18.9 Å². The van der Waals surface area contributed by atoms with Crippen molar-refractivity contribution in [2.24, 2.45) is 5.92 Å². The van der Waals surface area contributed by atoms with E-state index in [2.05, 4.69) is 10.4 Å². The average molecular weight is 600 g/mol. The van der Waals surface area contributed by atoms with Crippen LogP contribution in [0.2, 0.25) is 5.02 Å². The Morgan fingerprint density at radius 2 is 1.67 bits per heavy atom. The summed E-state index contributed by atoms with van der Waals surface area (Å²) in [6.45, 7) is 2.67. The molecule has 220 valence electrons. The molecule has 0 saturated heterocycles. The van der Waals surface area contributed by atoms with Crippen LogP contribution in [0.25, 0.3) is 16.6 Å². The number of ether oxygens (including phenoxy) is 1. The molecule has 11 heteroatoms. The van der Waals surface area contributed by atoms with E-state index in [1.807, 2.05) is 0 Å². The number of carboxylic acids is 1. The van der Waals surface area contributed by atoms with Gasteiger partial charge in [-0.25, -0.2) is 22.6 Å². The molecule has 0 radical (unpaired) electrons. The van der Waals surface area contributed by atoms with Crippen molar-refractivity contribution in [1.29, 1.82) is 0 Å². The predicted octanol–water partition coefficient (Wildman–Crippen LogP) is 7.64. The number of benzene rings is 3. The van der Waals surface area contributed by atoms with Crippen molar-refractivity contribution >= 4 is 40.1 Å². The van der Waals surface area contributed by atoms with Gasteiger partial charge in [-0.3, -0.25) is 4.79 Å². The number of aromatic nitrogens is 2. The first-order valence-corrected chi connectivity index (χ1v) is 14.0. The van der Waals surface area contributed by atoms with Gasteiger partial charge >= 0.3 is 5.97 Å². The molecule has 4 aromatic rings. The molecular weight excluding hydrogens is 571 g/mol. The fourth-order valence-corrected chi connectivity index (χ4v) is 5.54. The van der Waals surface area contributed by atoms with E-state index >= 15 is 4.39 Å². The maximum absolute atomic E-state index is 15.2. The Balaban J connectivity index is 1.59. The van der Waals surface area contributed by atoms with Crippen molar-refractivity contribution in [1.82, 2.24) is 9.78 Å². The lowest BCUT2D eigenvalue weighted by Crippen LogP contribution is -2.37. The monoisotopic (exact) mass is 599 g/mol. The van der Waals surface area contributed by atoms with Gasteiger partial charge in [0, 0.05) is 22.5 Å². The van der Waals surface area contributed by atoms with Gasteiger partial charge in [-0.15, -0.1) is 0 Å². The molecule has 1 atom stereocenters. The molecule has 7 nitrogen and oxygen atoms in total. The third kappa shape index (κ3) is 5.94. The van der Waals surface area contributed by atoms with Crippen LogP contribution >= 0.6 is 11.6 Å². The molecule has 1 aliphatic rings. The van der Waals surface area contributed by atoms with Crippen LogP contribution in [0.3, 0.4) is 0 Å². The molecule has 1 unspecified atom stereocenters. The average Bonchev–Trinajstić information content (AvgIpc) is 3.29. The summed E-state index contributed by atoms with van der Waals surface area (Å²) in [6, 6.07) is 12.4. The van der Waals surface area contributed by atoms with Crippen molar-refractivity contribution in [3.05, 3.63) is 82.8 Å². The van der Waals surface area contributed by atoms with Gasteiger partial charge in [0.1, 0.15) is 11.6 Å². The predicted molar refractivity (Wildman–Crippen MR) is 153 cm³/mol. The standard InChI is InChI=1S/C31H29ClF3N3O4/c1-31(2,30(40)41)42-20-12-13-25(24(35)14-20)36-29(39)27(17-6-4-3-5-7-17)28-21-15-22(33)23(34)16-26(21)37-38(28)19-10-8-18(32)9-11-19/h8-17,27H,3-7H2,1-2H3,(H,36,39)(H,40,41). The Kier molecular flexibility index (Phi) is 8.19. The Morgan fingerprint density at radius 3 is 2.31 bits per heavy atom. The van der Waals surface area contributed by atoms with E-state index in [-0.39, 0.29) is 28.3 Å². The third-order valence-corrected chi connectivity index (χ3v) is 7.86. The molecule has 5 rings (SSSR count). The summed E-state index contributed by atoms with van der Waals surface area (Å²) < 4.78 is 51.0.